The molecule has 2 aromatic heterocycles. The van der Waals surface area contributed by atoms with Crippen molar-refractivity contribution < 1.29 is 48.3 Å². The monoisotopic (exact) mass is 878 g/mol. The van der Waals surface area contributed by atoms with Crippen LogP contribution >= 0.6 is 22.6 Å². The number of aromatic amines is 1. The number of H-pyrrole nitrogens is 1. The zero-order valence-electron chi connectivity index (χ0n) is 31.4. The van der Waals surface area contributed by atoms with Gasteiger partial charge in [-0.3, -0.25) is 14.2 Å². The summed E-state index contributed by atoms with van der Waals surface area (Å²) >= 11 is 2.15. The summed E-state index contributed by atoms with van der Waals surface area (Å²) in [4.78, 5) is 83.8. The molecule has 0 radical (unpaired) electrons. The fraction of sp³-hybridized carbons (Fsp3) is 0.333. The fourth-order valence-electron chi connectivity index (χ4n) is 4.53. The summed E-state index contributed by atoms with van der Waals surface area (Å²) in [5.41, 5.74) is -3.59. The molecule has 4 rings (SSSR count). The maximum atomic E-state index is 12.2. The van der Waals surface area contributed by atoms with Crippen LogP contribution in [0, 0.1) is 0 Å². The van der Waals surface area contributed by atoms with Gasteiger partial charge in [0.05, 0.1) is 25.3 Å². The van der Waals surface area contributed by atoms with Gasteiger partial charge in [-0.05, 0) is 43.8 Å². The van der Waals surface area contributed by atoms with E-state index in [1.165, 1.54) is 7.05 Å². The first-order valence-electron chi connectivity index (χ1n) is 16.1. The molecule has 18 nitrogen and oxygen atoms in total. The molecular formula is C36H43IN6O12. The van der Waals surface area contributed by atoms with E-state index in [0.29, 0.717) is 0 Å². The van der Waals surface area contributed by atoms with Crippen molar-refractivity contribution in [3.05, 3.63) is 116 Å². The first-order chi connectivity index (χ1) is 25.9. The second kappa shape index (κ2) is 20.5. The number of amides is 2. The van der Waals surface area contributed by atoms with Crippen LogP contribution in [0.25, 0.3) is 0 Å². The number of ether oxygens (including phenoxy) is 4. The molecule has 0 saturated heterocycles. The van der Waals surface area contributed by atoms with Crippen LogP contribution in [0.1, 0.15) is 71.4 Å². The van der Waals surface area contributed by atoms with Crippen molar-refractivity contribution in [2.75, 3.05) is 19.2 Å². The molecule has 0 bridgehead atoms. The summed E-state index contributed by atoms with van der Waals surface area (Å²) in [5.74, 6) is -3.62. The molecule has 0 unspecified atom stereocenters. The van der Waals surface area contributed by atoms with E-state index in [1.807, 2.05) is 53.5 Å². The van der Waals surface area contributed by atoms with Crippen LogP contribution in [-0.2, 0) is 50.3 Å². The molecule has 19 heteroatoms. The standard InChI is InChI=1S/C18H21N3O6.C17H19N3O6.CH3I/c1-18(2,20-17(25)27-10-11-8-6-5-7-9-11)16-19-12(15(24)26-4)13(22)14(23)21(16)3;1-17(2,20-16(24)26-9-10-7-5-4-6-8-10)15-18-11(14(23)25-3)12(21)13(22)19-15;1-2/h5-9,22H,10H2,1-4H3,(H,20,25);4-8,21H,9H2,1-3H3,(H,20,24)(H,18,19,22);1H3. The van der Waals surface area contributed by atoms with Crippen molar-refractivity contribution in [2.24, 2.45) is 7.05 Å². The maximum Gasteiger partial charge on any atom is 0.408 e. The van der Waals surface area contributed by atoms with Crippen molar-refractivity contribution in [1.82, 2.24) is 30.2 Å². The minimum atomic E-state index is -1.19. The molecule has 0 spiro atoms. The summed E-state index contributed by atoms with van der Waals surface area (Å²) < 4.78 is 20.3. The number of nitrogens with zero attached hydrogens (tertiary/aromatic N) is 3. The van der Waals surface area contributed by atoms with Crippen LogP contribution < -0.4 is 21.8 Å². The van der Waals surface area contributed by atoms with E-state index in [2.05, 4.69) is 57.7 Å². The Morgan fingerprint density at radius 3 is 1.58 bits per heavy atom. The first-order valence-corrected chi connectivity index (χ1v) is 18.2. The average molecular weight is 879 g/mol. The van der Waals surface area contributed by atoms with Crippen LogP contribution in [0.5, 0.6) is 11.5 Å². The molecule has 0 aliphatic heterocycles. The zero-order chi connectivity index (χ0) is 41.5. The summed E-state index contributed by atoms with van der Waals surface area (Å²) in [6.45, 7) is 6.39. The summed E-state index contributed by atoms with van der Waals surface area (Å²) in [6.07, 6.45) is -1.47. The van der Waals surface area contributed by atoms with E-state index < -0.39 is 69.2 Å². The number of esters is 2. The van der Waals surface area contributed by atoms with E-state index in [0.717, 1.165) is 29.9 Å². The topological polar surface area (TPSA) is 250 Å². The van der Waals surface area contributed by atoms with E-state index in [4.69, 9.17) is 9.47 Å². The highest BCUT2D eigenvalue weighted by Crippen LogP contribution is 2.21. The number of benzene rings is 2. The van der Waals surface area contributed by atoms with E-state index >= 15 is 0 Å². The van der Waals surface area contributed by atoms with Crippen molar-refractivity contribution in [3.63, 3.8) is 0 Å². The van der Waals surface area contributed by atoms with Gasteiger partial charge in [0, 0.05) is 7.05 Å². The van der Waals surface area contributed by atoms with Crippen molar-refractivity contribution in [2.45, 2.75) is 52.0 Å². The molecule has 2 heterocycles. The van der Waals surface area contributed by atoms with Crippen molar-refractivity contribution in [1.29, 1.82) is 0 Å². The summed E-state index contributed by atoms with van der Waals surface area (Å²) in [5, 5.41) is 24.7. The molecular weight excluding hydrogens is 835 g/mol. The Hall–Kier alpha value is -5.99. The quantitative estimate of drug-likeness (QED) is 0.0656. The number of nitrogens with one attached hydrogen (secondary N) is 3. The molecule has 0 aliphatic carbocycles. The smallest absolute Gasteiger partial charge is 0.408 e. The highest BCUT2D eigenvalue weighted by Gasteiger charge is 2.32. The largest absolute Gasteiger partial charge is 0.501 e. The Labute approximate surface area is 329 Å². The number of methoxy groups -OCH3 is 2. The second-order valence-electron chi connectivity index (χ2n) is 12.2. The number of halogens is 1. The minimum Gasteiger partial charge on any atom is -0.501 e. The van der Waals surface area contributed by atoms with Crippen LogP contribution in [0.15, 0.2) is 70.3 Å². The van der Waals surface area contributed by atoms with E-state index in [1.54, 1.807) is 39.8 Å². The molecule has 0 fully saturated rings. The number of aromatic nitrogens is 4. The predicted octanol–water partition coefficient (Wildman–Crippen LogP) is 3.91. The number of aromatic hydroxyl groups is 2. The van der Waals surface area contributed by atoms with Crippen LogP contribution in [-0.4, -0.2) is 73.0 Å². The van der Waals surface area contributed by atoms with E-state index in [-0.39, 0.29) is 24.9 Å². The third kappa shape index (κ3) is 12.5. The Kier molecular flexibility index (Phi) is 16.8. The molecule has 0 atom stereocenters. The summed E-state index contributed by atoms with van der Waals surface area (Å²) in [7, 11) is 3.56. The van der Waals surface area contributed by atoms with Gasteiger partial charge in [-0.1, -0.05) is 83.3 Å². The summed E-state index contributed by atoms with van der Waals surface area (Å²) in [6, 6.07) is 18.2. The molecule has 296 valence electrons. The number of carbonyl (C=O) groups excluding carboxylic acids is 4. The molecule has 55 heavy (non-hydrogen) atoms. The van der Waals surface area contributed by atoms with Crippen LogP contribution in [0.4, 0.5) is 9.59 Å². The van der Waals surface area contributed by atoms with Gasteiger partial charge in [0.2, 0.25) is 11.5 Å². The Morgan fingerprint density at radius 1 is 0.727 bits per heavy atom. The lowest BCUT2D eigenvalue weighted by Gasteiger charge is -2.27. The van der Waals surface area contributed by atoms with Gasteiger partial charge in [-0.15, -0.1) is 0 Å². The lowest BCUT2D eigenvalue weighted by atomic mass is 10.0. The Balaban J connectivity index is 0.000000364. The van der Waals surface area contributed by atoms with Crippen LogP contribution in [0.2, 0.25) is 0 Å². The van der Waals surface area contributed by atoms with Crippen LogP contribution in [0.3, 0.4) is 0 Å². The van der Waals surface area contributed by atoms with Gasteiger partial charge in [0.1, 0.15) is 24.9 Å². The number of alkyl carbamates (subject to hydrolysis) is 2. The molecule has 0 aliphatic rings. The number of hydrogen-bond donors (Lipinski definition) is 5. The second-order valence-corrected chi connectivity index (χ2v) is 12.2. The molecule has 5 N–H and O–H groups in total. The highest BCUT2D eigenvalue weighted by molar-refractivity contribution is 14.1. The third-order valence-electron chi connectivity index (χ3n) is 7.32. The van der Waals surface area contributed by atoms with Gasteiger partial charge in [-0.25, -0.2) is 29.1 Å². The van der Waals surface area contributed by atoms with E-state index in [9.17, 15) is 39.0 Å². The van der Waals surface area contributed by atoms with Crippen molar-refractivity contribution in [3.8, 4) is 11.5 Å². The average Bonchev–Trinajstić information content (AvgIpc) is 3.17. The predicted molar refractivity (Wildman–Crippen MR) is 206 cm³/mol. The lowest BCUT2D eigenvalue weighted by molar-refractivity contribution is 0.0579. The van der Waals surface area contributed by atoms with Gasteiger partial charge < -0.3 is 44.8 Å². The highest BCUT2D eigenvalue weighted by atomic mass is 127. The third-order valence-corrected chi connectivity index (χ3v) is 7.32. The fourth-order valence-corrected chi connectivity index (χ4v) is 4.53. The number of rotatable bonds is 10. The first kappa shape index (κ1) is 45.2. The SMILES string of the molecule is CI.COC(=O)c1nc(C(C)(C)NC(=O)OCc2ccccc2)[nH]c(=O)c1O.COC(=O)c1nc(C(C)(C)NC(=O)OCc2ccccc2)n(C)c(=O)c1O. The molecule has 2 aromatic carbocycles. The van der Waals surface area contributed by atoms with Gasteiger partial charge in [0.25, 0.3) is 11.1 Å². The zero-order valence-corrected chi connectivity index (χ0v) is 33.5. The molecule has 0 saturated carbocycles. The number of alkyl halides is 1. The number of carbonyl (C=O) groups is 4. The normalized spacial score (nSPS) is 10.6. The Morgan fingerprint density at radius 2 is 1.15 bits per heavy atom. The van der Waals surface area contributed by atoms with Gasteiger partial charge in [-0.2, -0.15) is 0 Å². The van der Waals surface area contributed by atoms with Gasteiger partial charge >= 0.3 is 24.1 Å². The molecule has 4 aromatic rings. The Bertz CT molecular complexity index is 2070. The maximum absolute atomic E-state index is 12.2. The van der Waals surface area contributed by atoms with Gasteiger partial charge in [0.15, 0.2) is 11.4 Å². The minimum absolute atomic E-state index is 0.0439. The lowest BCUT2D eigenvalue weighted by Crippen LogP contribution is -2.45. The molecule has 2 amide bonds. The number of hydrogen-bond acceptors (Lipinski definition) is 14. The van der Waals surface area contributed by atoms with Crippen molar-refractivity contribution >= 4 is 46.7 Å².